The maximum absolute atomic E-state index is 12.7. The van der Waals surface area contributed by atoms with Crippen molar-refractivity contribution >= 4 is 23.7 Å². The zero-order valence-electron chi connectivity index (χ0n) is 17.5. The largest absolute Gasteiger partial charge is 0.480 e. The van der Waals surface area contributed by atoms with E-state index in [9.17, 15) is 24.3 Å². The molecule has 1 fully saturated rings. The van der Waals surface area contributed by atoms with Gasteiger partial charge in [-0.1, -0.05) is 20.3 Å². The summed E-state index contributed by atoms with van der Waals surface area (Å²) in [6.07, 6.45) is 2.96. The maximum atomic E-state index is 12.7. The third-order valence-corrected chi connectivity index (χ3v) is 5.10. The zero-order chi connectivity index (χ0) is 22.1. The fourth-order valence-electron chi connectivity index (χ4n) is 3.34. The fraction of sp³-hybridized carbons (Fsp3) is 0.789. The maximum Gasteiger partial charge on any atom is 0.326 e. The predicted octanol–water partition coefficient (Wildman–Crippen LogP) is -0.836. The van der Waals surface area contributed by atoms with E-state index in [1.807, 2.05) is 0 Å². The van der Waals surface area contributed by atoms with Crippen molar-refractivity contribution in [3.63, 3.8) is 0 Å². The van der Waals surface area contributed by atoms with E-state index in [-0.39, 0.29) is 5.92 Å². The molecule has 29 heavy (non-hydrogen) atoms. The highest BCUT2D eigenvalue weighted by Gasteiger charge is 2.37. The Kier molecular flexibility index (Phi) is 10.0. The van der Waals surface area contributed by atoms with E-state index in [4.69, 9.17) is 11.5 Å². The number of aliphatic carboxylic acids is 1. The van der Waals surface area contributed by atoms with Crippen molar-refractivity contribution in [1.82, 2.24) is 15.5 Å². The lowest BCUT2D eigenvalue weighted by Gasteiger charge is -2.28. The molecule has 1 heterocycles. The van der Waals surface area contributed by atoms with E-state index in [2.05, 4.69) is 10.6 Å². The van der Waals surface area contributed by atoms with Crippen LogP contribution in [0.1, 0.15) is 52.9 Å². The smallest absolute Gasteiger partial charge is 0.326 e. The number of hydrogen-bond donors (Lipinski definition) is 5. The molecule has 10 heteroatoms. The Bertz CT molecular complexity index is 598. The van der Waals surface area contributed by atoms with Crippen molar-refractivity contribution < 1.29 is 24.3 Å². The molecular formula is C19H35N5O5. The lowest BCUT2D eigenvalue weighted by atomic mass is 10.0. The quantitative estimate of drug-likeness (QED) is 0.275. The van der Waals surface area contributed by atoms with Crippen molar-refractivity contribution in [2.45, 2.75) is 77.0 Å². The molecule has 0 aromatic carbocycles. The van der Waals surface area contributed by atoms with E-state index < -0.39 is 47.9 Å². The van der Waals surface area contributed by atoms with Crippen LogP contribution in [-0.4, -0.2) is 71.0 Å². The van der Waals surface area contributed by atoms with E-state index >= 15 is 0 Å². The number of nitrogens with two attached hydrogens (primary N) is 2. The average molecular weight is 414 g/mol. The van der Waals surface area contributed by atoms with Crippen LogP contribution in [0.4, 0.5) is 0 Å². The van der Waals surface area contributed by atoms with Crippen LogP contribution in [0.15, 0.2) is 0 Å². The molecule has 166 valence electrons. The molecule has 4 atom stereocenters. The third kappa shape index (κ3) is 7.28. The van der Waals surface area contributed by atoms with Gasteiger partial charge in [-0.3, -0.25) is 14.4 Å². The summed E-state index contributed by atoms with van der Waals surface area (Å²) < 4.78 is 0. The summed E-state index contributed by atoms with van der Waals surface area (Å²) >= 11 is 0. The van der Waals surface area contributed by atoms with Crippen molar-refractivity contribution in [2.24, 2.45) is 17.4 Å². The molecule has 1 saturated heterocycles. The molecule has 10 nitrogen and oxygen atoms in total. The highest BCUT2D eigenvalue weighted by Crippen LogP contribution is 2.18. The Morgan fingerprint density at radius 2 is 1.76 bits per heavy atom. The van der Waals surface area contributed by atoms with Crippen molar-refractivity contribution in [3.05, 3.63) is 0 Å². The van der Waals surface area contributed by atoms with Gasteiger partial charge in [0.05, 0.1) is 6.04 Å². The van der Waals surface area contributed by atoms with Crippen LogP contribution in [0.25, 0.3) is 0 Å². The molecule has 0 aromatic heterocycles. The van der Waals surface area contributed by atoms with Crippen LogP contribution in [0, 0.1) is 5.92 Å². The van der Waals surface area contributed by atoms with Crippen molar-refractivity contribution in [3.8, 4) is 0 Å². The number of carbonyl (C=O) groups excluding carboxylic acids is 3. The summed E-state index contributed by atoms with van der Waals surface area (Å²) in [6, 6.07) is -3.37. The average Bonchev–Trinajstić information content (AvgIpc) is 3.14. The number of likely N-dealkylation sites (tertiary alicyclic amines) is 1. The van der Waals surface area contributed by atoms with Crippen molar-refractivity contribution in [1.29, 1.82) is 0 Å². The fourth-order valence-corrected chi connectivity index (χ4v) is 3.34. The minimum atomic E-state index is -1.05. The first-order valence-electron chi connectivity index (χ1n) is 10.2. The van der Waals surface area contributed by atoms with Gasteiger partial charge < -0.3 is 32.1 Å². The topological polar surface area (TPSA) is 168 Å². The number of carboxylic acids is 1. The standard InChI is InChI=1S/C19H35N5O5/c1-11(2)15(23-16(25)13(21)7-4-5-9-20)17(26)22-12(3)18(27)24-10-6-8-14(24)19(28)29/h11-15H,4-10,20-21H2,1-3H3,(H,22,26)(H,23,25)(H,28,29). The molecule has 3 amide bonds. The number of unbranched alkanes of at least 4 members (excludes halogenated alkanes) is 1. The van der Waals surface area contributed by atoms with Gasteiger partial charge in [-0.15, -0.1) is 0 Å². The minimum absolute atomic E-state index is 0.226. The number of rotatable bonds is 11. The lowest BCUT2D eigenvalue weighted by molar-refractivity contribution is -0.149. The molecule has 0 aromatic rings. The van der Waals surface area contributed by atoms with Gasteiger partial charge in [0.2, 0.25) is 17.7 Å². The summed E-state index contributed by atoms with van der Waals surface area (Å²) in [7, 11) is 0. The van der Waals surface area contributed by atoms with Crippen LogP contribution in [0.5, 0.6) is 0 Å². The van der Waals surface area contributed by atoms with E-state index in [0.717, 1.165) is 12.8 Å². The zero-order valence-corrected chi connectivity index (χ0v) is 17.5. The normalized spacial score (nSPS) is 19.5. The molecule has 1 aliphatic heterocycles. The van der Waals surface area contributed by atoms with Gasteiger partial charge in [-0.2, -0.15) is 0 Å². The SMILES string of the molecule is CC(NC(=O)C(NC(=O)C(N)CCCCN)C(C)C)C(=O)N1CCCC1C(=O)O. The monoisotopic (exact) mass is 413 g/mol. The molecule has 0 saturated carbocycles. The Hall–Kier alpha value is -2.20. The van der Waals surface area contributed by atoms with Gasteiger partial charge in [0, 0.05) is 6.54 Å². The van der Waals surface area contributed by atoms with Gasteiger partial charge in [0.15, 0.2) is 0 Å². The number of carbonyl (C=O) groups is 4. The van der Waals surface area contributed by atoms with Crippen LogP contribution < -0.4 is 22.1 Å². The summed E-state index contributed by atoms with van der Waals surface area (Å²) in [6.45, 7) is 5.93. The summed E-state index contributed by atoms with van der Waals surface area (Å²) in [5, 5.41) is 14.5. The molecular weight excluding hydrogens is 378 g/mol. The molecule has 1 rings (SSSR count). The van der Waals surface area contributed by atoms with Crippen LogP contribution in [-0.2, 0) is 19.2 Å². The summed E-state index contributed by atoms with van der Waals surface area (Å²) in [5.41, 5.74) is 11.3. The van der Waals surface area contributed by atoms with Crippen LogP contribution in [0.2, 0.25) is 0 Å². The van der Waals surface area contributed by atoms with Crippen LogP contribution in [0.3, 0.4) is 0 Å². The van der Waals surface area contributed by atoms with Gasteiger partial charge in [-0.25, -0.2) is 4.79 Å². The first-order chi connectivity index (χ1) is 13.6. The third-order valence-electron chi connectivity index (χ3n) is 5.10. The second kappa shape index (κ2) is 11.7. The lowest BCUT2D eigenvalue weighted by Crippen LogP contribution is -2.57. The molecule has 1 aliphatic rings. The highest BCUT2D eigenvalue weighted by molar-refractivity contribution is 5.94. The van der Waals surface area contributed by atoms with E-state index in [1.54, 1.807) is 13.8 Å². The molecule has 4 unspecified atom stereocenters. The second-order valence-corrected chi connectivity index (χ2v) is 7.88. The number of carboxylic acid groups (broad SMARTS) is 1. The molecule has 0 radical (unpaired) electrons. The van der Waals surface area contributed by atoms with E-state index in [1.165, 1.54) is 11.8 Å². The van der Waals surface area contributed by atoms with Gasteiger partial charge >= 0.3 is 5.97 Å². The highest BCUT2D eigenvalue weighted by atomic mass is 16.4. The number of hydrogen-bond acceptors (Lipinski definition) is 6. The summed E-state index contributed by atoms with van der Waals surface area (Å²) in [5.74, 6) is -2.66. The Balaban J connectivity index is 2.68. The van der Waals surface area contributed by atoms with E-state index in [0.29, 0.717) is 32.4 Å². The van der Waals surface area contributed by atoms with Crippen molar-refractivity contribution in [2.75, 3.05) is 13.1 Å². The van der Waals surface area contributed by atoms with Gasteiger partial charge in [-0.05, 0) is 45.1 Å². The second-order valence-electron chi connectivity index (χ2n) is 7.88. The molecule has 7 N–H and O–H groups in total. The Morgan fingerprint density at radius 3 is 2.31 bits per heavy atom. The first kappa shape index (κ1) is 24.8. The molecule has 0 aliphatic carbocycles. The first-order valence-corrected chi connectivity index (χ1v) is 10.2. The number of nitrogens with zero attached hydrogens (tertiary/aromatic N) is 1. The van der Waals surface area contributed by atoms with Gasteiger partial charge in [0.25, 0.3) is 0 Å². The predicted molar refractivity (Wildman–Crippen MR) is 108 cm³/mol. The van der Waals surface area contributed by atoms with Gasteiger partial charge in [0.1, 0.15) is 18.1 Å². The minimum Gasteiger partial charge on any atom is -0.480 e. The molecule has 0 bridgehead atoms. The molecule has 0 spiro atoms. The number of nitrogens with one attached hydrogen (secondary N) is 2. The Morgan fingerprint density at radius 1 is 1.10 bits per heavy atom. The Labute approximate surface area is 171 Å². The number of amides is 3. The van der Waals surface area contributed by atoms with Crippen LogP contribution >= 0.6 is 0 Å². The summed E-state index contributed by atoms with van der Waals surface area (Å²) in [4.78, 5) is 50.2.